The summed E-state index contributed by atoms with van der Waals surface area (Å²) in [6.07, 6.45) is -0.573. The highest BCUT2D eigenvalue weighted by Gasteiger charge is 2.30. The number of ether oxygens (including phenoxy) is 1. The van der Waals surface area contributed by atoms with E-state index in [1.165, 1.54) is 11.0 Å². The molecule has 1 aromatic heterocycles. The van der Waals surface area contributed by atoms with Crippen LogP contribution in [0.2, 0.25) is 0 Å². The lowest BCUT2D eigenvalue weighted by atomic mass is 10.0. The first-order valence-corrected chi connectivity index (χ1v) is 8.49. The average Bonchev–Trinajstić information content (AvgIpc) is 2.60. The van der Waals surface area contributed by atoms with Gasteiger partial charge < -0.3 is 19.0 Å². The van der Waals surface area contributed by atoms with Crippen LogP contribution in [0.25, 0.3) is 11.0 Å². The van der Waals surface area contributed by atoms with Crippen LogP contribution in [-0.4, -0.2) is 61.5 Å². The second kappa shape index (κ2) is 7.29. The molecule has 0 spiro atoms. The maximum absolute atomic E-state index is 12.7. The predicted molar refractivity (Wildman–Crippen MR) is 95.9 cm³/mol. The first kappa shape index (κ1) is 18.1. The zero-order chi connectivity index (χ0) is 18.8. The summed E-state index contributed by atoms with van der Waals surface area (Å²) in [5.41, 5.74) is 1.60. The van der Waals surface area contributed by atoms with Crippen molar-refractivity contribution in [2.75, 3.05) is 33.8 Å². The molecule has 1 fully saturated rings. The van der Waals surface area contributed by atoms with E-state index >= 15 is 0 Å². The molecule has 0 radical (unpaired) electrons. The molecule has 0 aliphatic carbocycles. The molecule has 26 heavy (non-hydrogen) atoms. The molecule has 2 heterocycles. The van der Waals surface area contributed by atoms with Crippen molar-refractivity contribution in [2.24, 2.45) is 0 Å². The van der Waals surface area contributed by atoms with Gasteiger partial charge in [-0.3, -0.25) is 9.59 Å². The van der Waals surface area contributed by atoms with E-state index in [-0.39, 0.29) is 24.8 Å². The van der Waals surface area contributed by atoms with Crippen LogP contribution >= 0.6 is 0 Å². The van der Waals surface area contributed by atoms with Gasteiger partial charge in [-0.2, -0.15) is 0 Å². The Balaban J connectivity index is 1.81. The highest BCUT2D eigenvalue weighted by atomic mass is 16.5. The van der Waals surface area contributed by atoms with Crippen LogP contribution in [0, 0.1) is 6.92 Å². The van der Waals surface area contributed by atoms with Crippen LogP contribution in [0.3, 0.4) is 0 Å². The van der Waals surface area contributed by atoms with Gasteiger partial charge >= 0.3 is 5.63 Å². The van der Waals surface area contributed by atoms with Crippen molar-refractivity contribution in [2.45, 2.75) is 19.4 Å². The smallest absolute Gasteiger partial charge is 0.336 e. The molecule has 1 aliphatic heterocycles. The molecule has 7 nitrogen and oxygen atoms in total. The number of benzene rings is 1. The molecule has 0 saturated carbocycles. The van der Waals surface area contributed by atoms with Gasteiger partial charge in [-0.25, -0.2) is 4.79 Å². The summed E-state index contributed by atoms with van der Waals surface area (Å²) in [5.74, 6) is -0.305. The topological polar surface area (TPSA) is 80.1 Å². The van der Waals surface area contributed by atoms with Gasteiger partial charge in [-0.15, -0.1) is 0 Å². The SMILES string of the molecule is Cc1ccc2c(CC(=O)N3CCOC(C(=O)N(C)C)C3)cc(=O)oc2c1. The first-order valence-electron chi connectivity index (χ1n) is 8.49. The second-order valence-corrected chi connectivity index (χ2v) is 6.70. The second-order valence-electron chi connectivity index (χ2n) is 6.70. The molecule has 2 amide bonds. The van der Waals surface area contributed by atoms with E-state index in [1.54, 1.807) is 25.1 Å². The minimum atomic E-state index is -0.650. The first-order chi connectivity index (χ1) is 12.3. The molecular formula is C19H22N2O5. The van der Waals surface area contributed by atoms with Gasteiger partial charge in [0.05, 0.1) is 19.6 Å². The largest absolute Gasteiger partial charge is 0.423 e. The Morgan fingerprint density at radius 2 is 2.04 bits per heavy atom. The number of carbonyl (C=O) groups excluding carboxylic acids is 2. The zero-order valence-corrected chi connectivity index (χ0v) is 15.2. The average molecular weight is 358 g/mol. The van der Waals surface area contributed by atoms with E-state index in [9.17, 15) is 14.4 Å². The fourth-order valence-electron chi connectivity index (χ4n) is 3.07. The van der Waals surface area contributed by atoms with Crippen LogP contribution < -0.4 is 5.63 Å². The Labute approximate surface area is 151 Å². The van der Waals surface area contributed by atoms with E-state index in [4.69, 9.17) is 9.15 Å². The van der Waals surface area contributed by atoms with Crippen LogP contribution in [0.4, 0.5) is 0 Å². The van der Waals surface area contributed by atoms with Crippen molar-refractivity contribution < 1.29 is 18.7 Å². The molecule has 1 aliphatic rings. The number of morpholine rings is 1. The van der Waals surface area contributed by atoms with Gasteiger partial charge in [0.2, 0.25) is 5.91 Å². The third kappa shape index (κ3) is 3.77. The summed E-state index contributed by atoms with van der Waals surface area (Å²) in [6.45, 7) is 2.86. The monoisotopic (exact) mass is 358 g/mol. The maximum Gasteiger partial charge on any atom is 0.336 e. The Morgan fingerprint density at radius 1 is 1.27 bits per heavy atom. The van der Waals surface area contributed by atoms with Crippen molar-refractivity contribution in [1.82, 2.24) is 9.80 Å². The van der Waals surface area contributed by atoms with Gasteiger partial charge in [-0.05, 0) is 24.1 Å². The van der Waals surface area contributed by atoms with Crippen LogP contribution in [0.15, 0.2) is 33.5 Å². The number of amides is 2. The molecular weight excluding hydrogens is 336 g/mol. The van der Waals surface area contributed by atoms with Gasteiger partial charge in [0, 0.05) is 32.1 Å². The van der Waals surface area contributed by atoms with Crippen molar-refractivity contribution in [3.63, 3.8) is 0 Å². The van der Waals surface area contributed by atoms with Crippen molar-refractivity contribution in [3.8, 4) is 0 Å². The molecule has 138 valence electrons. The van der Waals surface area contributed by atoms with Gasteiger partial charge in [-0.1, -0.05) is 12.1 Å². The highest BCUT2D eigenvalue weighted by molar-refractivity contribution is 5.88. The van der Waals surface area contributed by atoms with E-state index in [1.807, 2.05) is 19.1 Å². The number of nitrogens with zero attached hydrogens (tertiary/aromatic N) is 2. The van der Waals surface area contributed by atoms with E-state index in [0.29, 0.717) is 24.3 Å². The highest BCUT2D eigenvalue weighted by Crippen LogP contribution is 2.20. The Bertz CT molecular complexity index is 902. The summed E-state index contributed by atoms with van der Waals surface area (Å²) >= 11 is 0. The van der Waals surface area contributed by atoms with E-state index < -0.39 is 11.7 Å². The fraction of sp³-hybridized carbons (Fsp3) is 0.421. The van der Waals surface area contributed by atoms with Crippen LogP contribution in [0.5, 0.6) is 0 Å². The summed E-state index contributed by atoms with van der Waals surface area (Å²) in [5, 5.41) is 0.748. The Hall–Kier alpha value is -2.67. The summed E-state index contributed by atoms with van der Waals surface area (Å²) in [6, 6.07) is 6.91. The molecule has 1 unspecified atom stereocenters. The minimum absolute atomic E-state index is 0.0774. The number of hydrogen-bond donors (Lipinski definition) is 0. The number of aryl methyl sites for hydroxylation is 1. The summed E-state index contributed by atoms with van der Waals surface area (Å²) in [7, 11) is 3.31. The van der Waals surface area contributed by atoms with Crippen molar-refractivity contribution in [1.29, 1.82) is 0 Å². The quantitative estimate of drug-likeness (QED) is 0.764. The number of carbonyl (C=O) groups is 2. The van der Waals surface area contributed by atoms with Gasteiger partial charge in [0.1, 0.15) is 5.58 Å². The lowest BCUT2D eigenvalue weighted by molar-refractivity contribution is -0.152. The molecule has 7 heteroatoms. The standard InChI is InChI=1S/C19H22N2O5/c1-12-4-5-14-13(10-18(23)26-15(14)8-12)9-17(22)21-6-7-25-16(11-21)19(24)20(2)3/h4-5,8,10,16H,6-7,9,11H2,1-3H3. The van der Waals surface area contributed by atoms with E-state index in [2.05, 4.69) is 0 Å². The lowest BCUT2D eigenvalue weighted by Gasteiger charge is -2.33. The molecule has 1 atom stereocenters. The molecule has 3 rings (SSSR count). The molecule has 1 aromatic carbocycles. The molecule has 2 aromatic rings. The minimum Gasteiger partial charge on any atom is -0.423 e. The summed E-state index contributed by atoms with van der Waals surface area (Å²) < 4.78 is 10.7. The summed E-state index contributed by atoms with van der Waals surface area (Å²) in [4.78, 5) is 39.7. The van der Waals surface area contributed by atoms with Crippen LogP contribution in [-0.2, 0) is 20.7 Å². The lowest BCUT2D eigenvalue weighted by Crippen LogP contribution is -2.51. The zero-order valence-electron chi connectivity index (χ0n) is 15.2. The molecule has 0 bridgehead atoms. The third-order valence-electron chi connectivity index (χ3n) is 4.46. The molecule has 0 N–H and O–H groups in total. The Morgan fingerprint density at radius 3 is 2.77 bits per heavy atom. The van der Waals surface area contributed by atoms with Crippen molar-refractivity contribution >= 4 is 22.8 Å². The van der Waals surface area contributed by atoms with E-state index in [0.717, 1.165) is 10.9 Å². The maximum atomic E-state index is 12.7. The number of fused-ring (bicyclic) bond motifs is 1. The van der Waals surface area contributed by atoms with Gasteiger partial charge in [0.15, 0.2) is 6.10 Å². The number of rotatable bonds is 3. The predicted octanol–water partition coefficient (Wildman–Crippen LogP) is 0.960. The Kier molecular flexibility index (Phi) is 5.08. The van der Waals surface area contributed by atoms with Crippen molar-refractivity contribution in [3.05, 3.63) is 45.8 Å². The third-order valence-corrected chi connectivity index (χ3v) is 4.46. The fourth-order valence-corrected chi connectivity index (χ4v) is 3.07. The van der Waals surface area contributed by atoms with Gasteiger partial charge in [0.25, 0.3) is 5.91 Å². The normalized spacial score (nSPS) is 17.3. The molecule has 1 saturated heterocycles. The number of likely N-dealkylation sites (N-methyl/N-ethyl adjacent to an activating group) is 1. The number of hydrogen-bond acceptors (Lipinski definition) is 5. The van der Waals surface area contributed by atoms with Crippen LogP contribution in [0.1, 0.15) is 11.1 Å².